The van der Waals surface area contributed by atoms with Gasteiger partial charge in [-0.25, -0.2) is 4.98 Å². The molecule has 0 aliphatic carbocycles. The van der Waals surface area contributed by atoms with E-state index in [9.17, 15) is 13.2 Å². The second-order valence-corrected chi connectivity index (χ2v) is 5.93. The molecule has 0 aromatic carbocycles. The monoisotopic (exact) mass is 295 g/mol. The van der Waals surface area contributed by atoms with Crippen LogP contribution in [0.15, 0.2) is 6.20 Å². The number of likely N-dealkylation sites (N-methyl/N-ethyl adjacent to an activating group) is 1. The fourth-order valence-electron chi connectivity index (χ4n) is 2.14. The van der Waals surface area contributed by atoms with Gasteiger partial charge in [0.1, 0.15) is 0 Å². The second kappa shape index (κ2) is 5.76. The Morgan fingerprint density at radius 2 is 1.84 bits per heavy atom. The van der Waals surface area contributed by atoms with Crippen molar-refractivity contribution in [2.75, 3.05) is 13.1 Å². The molecular weight excluding hydrogens is 275 g/mol. The molecular formula is C12H20F3N3S. The fourth-order valence-corrected chi connectivity index (χ4v) is 3.11. The Morgan fingerprint density at radius 3 is 2.21 bits per heavy atom. The third kappa shape index (κ3) is 3.46. The Labute approximate surface area is 115 Å². The number of hydrogen-bond acceptors (Lipinski definition) is 4. The van der Waals surface area contributed by atoms with Crippen LogP contribution in [-0.2, 0) is 6.18 Å². The maximum atomic E-state index is 12.5. The van der Waals surface area contributed by atoms with Crippen molar-refractivity contribution >= 4 is 11.3 Å². The van der Waals surface area contributed by atoms with Crippen LogP contribution in [0.25, 0.3) is 0 Å². The van der Waals surface area contributed by atoms with Crippen molar-refractivity contribution in [3.63, 3.8) is 0 Å². The zero-order valence-corrected chi connectivity index (χ0v) is 12.4. The van der Waals surface area contributed by atoms with Crippen LogP contribution in [0, 0.1) is 0 Å². The average Bonchev–Trinajstić information content (AvgIpc) is 2.77. The molecule has 1 rings (SSSR count). The lowest BCUT2D eigenvalue weighted by molar-refractivity contribution is -0.137. The van der Waals surface area contributed by atoms with Crippen LogP contribution >= 0.6 is 11.3 Å². The lowest BCUT2D eigenvalue weighted by Crippen LogP contribution is -2.50. The molecule has 1 unspecified atom stereocenters. The third-order valence-electron chi connectivity index (χ3n) is 3.41. The van der Waals surface area contributed by atoms with E-state index in [2.05, 4.69) is 9.88 Å². The van der Waals surface area contributed by atoms with Crippen molar-refractivity contribution in [1.29, 1.82) is 0 Å². The highest BCUT2D eigenvalue weighted by Gasteiger charge is 2.38. The van der Waals surface area contributed by atoms with Crippen molar-refractivity contribution in [3.05, 3.63) is 16.1 Å². The Kier molecular flexibility index (Phi) is 4.97. The topological polar surface area (TPSA) is 42.1 Å². The number of hydrogen-bond donors (Lipinski definition) is 1. The zero-order chi connectivity index (χ0) is 14.8. The van der Waals surface area contributed by atoms with E-state index in [1.54, 1.807) is 0 Å². The molecule has 0 amide bonds. The lowest BCUT2D eigenvalue weighted by atomic mass is 9.92. The normalized spacial score (nSPS) is 15.0. The number of nitrogens with zero attached hydrogens (tertiary/aromatic N) is 2. The van der Waals surface area contributed by atoms with Crippen LogP contribution in [0.5, 0.6) is 0 Å². The molecule has 0 spiro atoms. The predicted octanol–water partition coefficient (Wildman–Crippen LogP) is 3.28. The first-order valence-electron chi connectivity index (χ1n) is 6.18. The summed E-state index contributed by atoms with van der Waals surface area (Å²) < 4.78 is 37.6. The first kappa shape index (κ1) is 16.4. The van der Waals surface area contributed by atoms with Crippen LogP contribution in [0.3, 0.4) is 0 Å². The molecule has 2 N–H and O–H groups in total. The van der Waals surface area contributed by atoms with Gasteiger partial charge in [-0.3, -0.25) is 4.90 Å². The Morgan fingerprint density at radius 1 is 1.32 bits per heavy atom. The van der Waals surface area contributed by atoms with Gasteiger partial charge in [-0.1, -0.05) is 13.8 Å². The van der Waals surface area contributed by atoms with Crippen molar-refractivity contribution in [3.8, 4) is 0 Å². The Hall–Kier alpha value is -0.660. The van der Waals surface area contributed by atoms with Gasteiger partial charge < -0.3 is 5.73 Å². The summed E-state index contributed by atoms with van der Waals surface area (Å²) in [6.07, 6.45) is -3.16. The molecule has 1 atom stereocenters. The number of alkyl halides is 3. The largest absolute Gasteiger partial charge is 0.443 e. The van der Waals surface area contributed by atoms with E-state index >= 15 is 0 Å². The Balaban J connectivity index is 2.99. The van der Waals surface area contributed by atoms with Gasteiger partial charge in [0.2, 0.25) is 0 Å². The standard InChI is InChI=1S/C12H20F3N3S/c1-5-18(6-2)11(3,4)9(16)8-7-17-10(19-8)12(13,14)15/h7,9H,5-6,16H2,1-4H3. The van der Waals surface area contributed by atoms with E-state index < -0.39 is 22.8 Å². The Bertz CT molecular complexity index is 411. The van der Waals surface area contributed by atoms with Gasteiger partial charge in [0.15, 0.2) is 5.01 Å². The molecule has 1 heterocycles. The summed E-state index contributed by atoms with van der Waals surface area (Å²) in [5.41, 5.74) is 5.73. The first-order valence-corrected chi connectivity index (χ1v) is 6.99. The maximum absolute atomic E-state index is 12.5. The van der Waals surface area contributed by atoms with Crippen LogP contribution in [0.1, 0.15) is 43.6 Å². The first-order chi connectivity index (χ1) is 8.64. The molecule has 1 aromatic heterocycles. The van der Waals surface area contributed by atoms with Gasteiger partial charge >= 0.3 is 6.18 Å². The second-order valence-electron chi connectivity index (χ2n) is 4.87. The van der Waals surface area contributed by atoms with Crippen LogP contribution in [0.2, 0.25) is 0 Å². The number of halogens is 3. The summed E-state index contributed by atoms with van der Waals surface area (Å²) in [7, 11) is 0. The molecule has 0 saturated heterocycles. The number of rotatable bonds is 5. The van der Waals surface area contributed by atoms with E-state index in [1.807, 2.05) is 27.7 Å². The van der Waals surface area contributed by atoms with E-state index in [-0.39, 0.29) is 0 Å². The van der Waals surface area contributed by atoms with Gasteiger partial charge in [-0.05, 0) is 26.9 Å². The highest BCUT2D eigenvalue weighted by Crippen LogP contribution is 2.37. The van der Waals surface area contributed by atoms with Crippen molar-refractivity contribution in [1.82, 2.24) is 9.88 Å². The number of aromatic nitrogens is 1. The van der Waals surface area contributed by atoms with E-state index in [0.29, 0.717) is 16.2 Å². The summed E-state index contributed by atoms with van der Waals surface area (Å²) in [5.74, 6) is 0. The molecule has 0 radical (unpaired) electrons. The number of nitrogens with two attached hydrogens (primary N) is 1. The molecule has 7 heteroatoms. The van der Waals surface area contributed by atoms with Crippen LogP contribution in [0.4, 0.5) is 13.2 Å². The number of thiazole rings is 1. The molecule has 0 aliphatic rings. The van der Waals surface area contributed by atoms with Gasteiger partial charge in [-0.2, -0.15) is 13.2 Å². The summed E-state index contributed by atoms with van der Waals surface area (Å²) >= 11 is 0.625. The molecule has 19 heavy (non-hydrogen) atoms. The SMILES string of the molecule is CCN(CC)C(C)(C)C(N)c1cnc(C(F)(F)F)s1. The van der Waals surface area contributed by atoms with E-state index in [1.165, 1.54) is 6.20 Å². The van der Waals surface area contributed by atoms with Gasteiger partial charge in [-0.15, -0.1) is 11.3 Å². The van der Waals surface area contributed by atoms with Gasteiger partial charge in [0, 0.05) is 16.6 Å². The molecule has 3 nitrogen and oxygen atoms in total. The predicted molar refractivity (Wildman–Crippen MR) is 71.0 cm³/mol. The summed E-state index contributed by atoms with van der Waals surface area (Å²) in [5, 5.41) is -0.840. The summed E-state index contributed by atoms with van der Waals surface area (Å²) in [4.78, 5) is 6.02. The van der Waals surface area contributed by atoms with Crippen LogP contribution in [-0.4, -0.2) is 28.5 Å². The van der Waals surface area contributed by atoms with Gasteiger partial charge in [0.25, 0.3) is 0 Å². The molecule has 1 aromatic rings. The van der Waals surface area contributed by atoms with Crippen molar-refractivity contribution in [2.45, 2.75) is 45.5 Å². The third-order valence-corrected chi connectivity index (χ3v) is 4.54. The average molecular weight is 295 g/mol. The fraction of sp³-hybridized carbons (Fsp3) is 0.750. The zero-order valence-electron chi connectivity index (χ0n) is 11.6. The quantitative estimate of drug-likeness (QED) is 0.906. The van der Waals surface area contributed by atoms with Crippen molar-refractivity contribution in [2.24, 2.45) is 5.73 Å². The molecule has 0 aliphatic heterocycles. The summed E-state index contributed by atoms with van der Waals surface area (Å²) in [6, 6.07) is -0.499. The molecule has 0 saturated carbocycles. The molecule has 0 fully saturated rings. The van der Waals surface area contributed by atoms with Crippen LogP contribution < -0.4 is 5.73 Å². The van der Waals surface area contributed by atoms with E-state index in [0.717, 1.165) is 13.1 Å². The van der Waals surface area contributed by atoms with Gasteiger partial charge in [0.05, 0.1) is 6.04 Å². The minimum Gasteiger partial charge on any atom is -0.322 e. The summed E-state index contributed by atoms with van der Waals surface area (Å²) in [6.45, 7) is 9.48. The maximum Gasteiger partial charge on any atom is 0.443 e. The van der Waals surface area contributed by atoms with Crippen molar-refractivity contribution < 1.29 is 13.2 Å². The minimum atomic E-state index is -4.40. The highest BCUT2D eigenvalue weighted by atomic mass is 32.1. The highest BCUT2D eigenvalue weighted by molar-refractivity contribution is 7.11. The minimum absolute atomic E-state index is 0.418. The van der Waals surface area contributed by atoms with E-state index in [4.69, 9.17) is 5.73 Å². The molecule has 0 bridgehead atoms. The smallest absolute Gasteiger partial charge is 0.322 e. The molecule has 110 valence electrons. The lowest BCUT2D eigenvalue weighted by Gasteiger charge is -2.41.